The van der Waals surface area contributed by atoms with Crippen LogP contribution in [-0.2, 0) is 11.8 Å². The van der Waals surface area contributed by atoms with Gasteiger partial charge >= 0.3 is 12.0 Å². The van der Waals surface area contributed by atoms with Gasteiger partial charge in [-0.25, -0.2) is 9.59 Å². The lowest BCUT2D eigenvalue weighted by atomic mass is 9.88. The number of ketones is 1. The Bertz CT molecular complexity index is 1060. The predicted octanol–water partition coefficient (Wildman–Crippen LogP) is 4.05. The molecule has 0 aliphatic carbocycles. The van der Waals surface area contributed by atoms with Gasteiger partial charge in [0.2, 0.25) is 0 Å². The Morgan fingerprint density at radius 1 is 1.13 bits per heavy atom. The van der Waals surface area contributed by atoms with Gasteiger partial charge in [-0.05, 0) is 44.9 Å². The van der Waals surface area contributed by atoms with Gasteiger partial charge in [-0.3, -0.25) is 4.79 Å². The van der Waals surface area contributed by atoms with Crippen molar-refractivity contribution in [3.63, 3.8) is 0 Å². The van der Waals surface area contributed by atoms with Crippen molar-refractivity contribution in [1.82, 2.24) is 14.8 Å². The molecule has 1 aromatic carbocycles. The van der Waals surface area contributed by atoms with Crippen molar-refractivity contribution < 1.29 is 19.1 Å². The summed E-state index contributed by atoms with van der Waals surface area (Å²) < 4.78 is 6.57. The quantitative estimate of drug-likeness (QED) is 0.447. The Balaban J connectivity index is 1.68. The Kier molecular flexibility index (Phi) is 6.95. The van der Waals surface area contributed by atoms with Crippen molar-refractivity contribution in [2.75, 3.05) is 20.2 Å². The van der Waals surface area contributed by atoms with E-state index in [1.165, 1.54) is 7.11 Å². The first-order valence-corrected chi connectivity index (χ1v) is 10.5. The highest BCUT2D eigenvalue weighted by atomic mass is 16.5. The smallest absolute Gasteiger partial charge is 0.354 e. The second kappa shape index (κ2) is 9.64. The van der Waals surface area contributed by atoms with E-state index in [1.807, 2.05) is 44.2 Å². The Morgan fingerprint density at radius 2 is 1.84 bits per heavy atom. The summed E-state index contributed by atoms with van der Waals surface area (Å²) in [6.45, 7) is 4.84. The number of methoxy groups -OCH3 is 1. The number of carbonyl (C=O) groups is 3. The standard InChI is InChI=1S/C24H29N3O4/c1-5-7-19(6-2)25-24(30)27-12-10-16(11-13-27)22(28)18-9-8-17-14-21(23(29)31-4)26(3)20(17)15-18/h5-9,14-16H,10-13H2,1-4H3,(H,25,30)/b7-5-,19-6+. The van der Waals surface area contributed by atoms with Crippen LogP contribution < -0.4 is 5.32 Å². The monoisotopic (exact) mass is 423 g/mol. The average molecular weight is 424 g/mol. The number of nitrogens with zero attached hydrogens (tertiary/aromatic N) is 2. The zero-order chi connectivity index (χ0) is 22.5. The third-order valence-corrected chi connectivity index (χ3v) is 5.79. The van der Waals surface area contributed by atoms with E-state index in [0.717, 1.165) is 16.6 Å². The molecule has 31 heavy (non-hydrogen) atoms. The fourth-order valence-electron chi connectivity index (χ4n) is 3.96. The molecule has 0 radical (unpaired) electrons. The Hall–Kier alpha value is -3.35. The number of fused-ring (bicyclic) bond motifs is 1. The summed E-state index contributed by atoms with van der Waals surface area (Å²) in [5, 5.41) is 3.77. The molecule has 1 saturated heterocycles. The number of hydrogen-bond donors (Lipinski definition) is 1. The van der Waals surface area contributed by atoms with Crippen LogP contribution in [0.25, 0.3) is 10.9 Å². The van der Waals surface area contributed by atoms with E-state index < -0.39 is 5.97 Å². The molecule has 2 heterocycles. The van der Waals surface area contributed by atoms with Crippen molar-refractivity contribution in [3.8, 4) is 0 Å². The van der Waals surface area contributed by atoms with Crippen LogP contribution in [0.2, 0.25) is 0 Å². The number of piperidine rings is 1. The van der Waals surface area contributed by atoms with E-state index >= 15 is 0 Å². The first kappa shape index (κ1) is 22.3. The summed E-state index contributed by atoms with van der Waals surface area (Å²) >= 11 is 0. The zero-order valence-electron chi connectivity index (χ0n) is 18.5. The molecule has 0 atom stereocenters. The topological polar surface area (TPSA) is 80.6 Å². The van der Waals surface area contributed by atoms with Crippen LogP contribution in [0.15, 0.2) is 48.2 Å². The number of ether oxygens (including phenoxy) is 1. The molecule has 0 bridgehead atoms. The molecule has 3 rings (SSSR count). The number of aromatic nitrogens is 1. The van der Waals surface area contributed by atoms with E-state index in [9.17, 15) is 14.4 Å². The third-order valence-electron chi connectivity index (χ3n) is 5.79. The fraction of sp³-hybridized carbons (Fsp3) is 0.375. The molecule has 0 unspecified atom stereocenters. The summed E-state index contributed by atoms with van der Waals surface area (Å²) in [5.74, 6) is -0.461. The maximum atomic E-state index is 13.1. The lowest BCUT2D eigenvalue weighted by molar-refractivity contribution is 0.0590. The minimum absolute atomic E-state index is 0.0748. The van der Waals surface area contributed by atoms with E-state index in [1.54, 1.807) is 28.6 Å². The van der Waals surface area contributed by atoms with Crippen molar-refractivity contribution in [3.05, 3.63) is 59.4 Å². The number of benzene rings is 1. The van der Waals surface area contributed by atoms with Crippen LogP contribution >= 0.6 is 0 Å². The number of urea groups is 1. The van der Waals surface area contributed by atoms with Gasteiger partial charge in [-0.1, -0.05) is 24.3 Å². The number of nitrogens with one attached hydrogen (secondary N) is 1. The van der Waals surface area contributed by atoms with Gasteiger partial charge in [0.1, 0.15) is 5.69 Å². The van der Waals surface area contributed by atoms with Crippen LogP contribution in [-0.4, -0.2) is 47.4 Å². The number of esters is 1. The summed E-state index contributed by atoms with van der Waals surface area (Å²) in [6, 6.07) is 7.12. The SMILES string of the molecule is C/C=C\C(=C/C)NC(=O)N1CCC(C(=O)c2ccc3cc(C(=O)OC)n(C)c3c2)CC1. The number of rotatable bonds is 5. The average Bonchev–Trinajstić information content (AvgIpc) is 3.13. The highest BCUT2D eigenvalue weighted by Gasteiger charge is 2.28. The first-order valence-electron chi connectivity index (χ1n) is 10.5. The maximum absolute atomic E-state index is 13.1. The third kappa shape index (κ3) is 4.71. The van der Waals surface area contributed by atoms with Gasteiger partial charge in [-0.15, -0.1) is 0 Å². The maximum Gasteiger partial charge on any atom is 0.354 e. The summed E-state index contributed by atoms with van der Waals surface area (Å²) in [5.41, 5.74) is 2.64. The van der Waals surface area contributed by atoms with E-state index in [4.69, 9.17) is 4.74 Å². The molecule has 1 aromatic heterocycles. The Morgan fingerprint density at radius 3 is 2.45 bits per heavy atom. The molecule has 7 nitrogen and oxygen atoms in total. The van der Waals surface area contributed by atoms with Gasteiger partial charge in [0, 0.05) is 48.2 Å². The molecule has 0 spiro atoms. The molecule has 164 valence electrons. The second-order valence-electron chi connectivity index (χ2n) is 7.65. The summed E-state index contributed by atoms with van der Waals surface area (Å²) in [7, 11) is 3.13. The van der Waals surface area contributed by atoms with Crippen LogP contribution in [0.4, 0.5) is 4.79 Å². The van der Waals surface area contributed by atoms with Crippen molar-refractivity contribution in [2.24, 2.45) is 13.0 Å². The Labute approximate surface area is 182 Å². The first-order chi connectivity index (χ1) is 14.9. The number of allylic oxidation sites excluding steroid dienone is 3. The van der Waals surface area contributed by atoms with Crippen molar-refractivity contribution >= 4 is 28.7 Å². The van der Waals surface area contributed by atoms with Crippen LogP contribution in [0.3, 0.4) is 0 Å². The predicted molar refractivity (Wildman–Crippen MR) is 120 cm³/mol. The highest BCUT2D eigenvalue weighted by Crippen LogP contribution is 2.26. The van der Waals surface area contributed by atoms with Gasteiger partial charge in [0.25, 0.3) is 0 Å². The van der Waals surface area contributed by atoms with Gasteiger partial charge in [-0.2, -0.15) is 0 Å². The minimum Gasteiger partial charge on any atom is -0.464 e. The fourth-order valence-corrected chi connectivity index (χ4v) is 3.96. The van der Waals surface area contributed by atoms with E-state index in [2.05, 4.69) is 5.32 Å². The van der Waals surface area contributed by atoms with Gasteiger partial charge in [0.15, 0.2) is 5.78 Å². The van der Waals surface area contributed by atoms with E-state index in [0.29, 0.717) is 37.2 Å². The molecule has 1 N–H and O–H groups in total. The number of Topliss-reactive ketones (excluding diaryl/α,β-unsaturated/α-hetero) is 1. The molecule has 2 amide bonds. The number of carbonyl (C=O) groups excluding carboxylic acids is 3. The summed E-state index contributed by atoms with van der Waals surface area (Å²) in [6.07, 6.45) is 6.82. The lowest BCUT2D eigenvalue weighted by Crippen LogP contribution is -2.45. The molecule has 1 aliphatic rings. The van der Waals surface area contributed by atoms with Gasteiger partial charge < -0.3 is 19.5 Å². The van der Waals surface area contributed by atoms with Crippen LogP contribution in [0.5, 0.6) is 0 Å². The summed E-state index contributed by atoms with van der Waals surface area (Å²) in [4.78, 5) is 39.2. The molecular formula is C24H29N3O4. The molecule has 2 aromatic rings. The van der Waals surface area contributed by atoms with Gasteiger partial charge in [0.05, 0.1) is 7.11 Å². The van der Waals surface area contributed by atoms with Crippen molar-refractivity contribution in [2.45, 2.75) is 26.7 Å². The minimum atomic E-state index is -0.410. The molecule has 7 heteroatoms. The highest BCUT2D eigenvalue weighted by molar-refractivity contribution is 6.02. The molecule has 0 saturated carbocycles. The largest absolute Gasteiger partial charge is 0.464 e. The molecule has 1 aliphatic heterocycles. The normalized spacial score (nSPS) is 15.5. The number of likely N-dealkylation sites (tertiary alicyclic amines) is 1. The van der Waals surface area contributed by atoms with Crippen LogP contribution in [0, 0.1) is 5.92 Å². The second-order valence-corrected chi connectivity index (χ2v) is 7.65. The number of aryl methyl sites for hydroxylation is 1. The number of amides is 2. The molecule has 1 fully saturated rings. The zero-order valence-corrected chi connectivity index (χ0v) is 18.5. The number of hydrogen-bond acceptors (Lipinski definition) is 4. The lowest BCUT2D eigenvalue weighted by Gasteiger charge is -2.31. The van der Waals surface area contributed by atoms with Crippen molar-refractivity contribution in [1.29, 1.82) is 0 Å². The van der Waals surface area contributed by atoms with Crippen LogP contribution in [0.1, 0.15) is 47.5 Å². The van der Waals surface area contributed by atoms with E-state index in [-0.39, 0.29) is 17.7 Å². The molecular weight excluding hydrogens is 394 g/mol.